The van der Waals surface area contributed by atoms with Crippen molar-refractivity contribution in [1.82, 2.24) is 15.2 Å². The summed E-state index contributed by atoms with van der Waals surface area (Å²) in [6.07, 6.45) is 0. The van der Waals surface area contributed by atoms with Gasteiger partial charge in [-0.05, 0) is 12.1 Å². The maximum Gasteiger partial charge on any atom is 0.240 e. The lowest BCUT2D eigenvalue weighted by molar-refractivity contribution is 0.415. The van der Waals surface area contributed by atoms with E-state index in [1.165, 1.54) is 0 Å². The average molecular weight is 313 g/mol. The van der Waals surface area contributed by atoms with Crippen molar-refractivity contribution in [2.45, 2.75) is 0 Å². The van der Waals surface area contributed by atoms with Crippen LogP contribution < -0.4 is 10.5 Å². The lowest BCUT2D eigenvalue weighted by Crippen LogP contribution is -2.02. The second kappa shape index (κ2) is 5.99. The van der Waals surface area contributed by atoms with Crippen molar-refractivity contribution in [2.24, 2.45) is 0 Å². The largest absolute Gasteiger partial charge is 0.495 e. The highest BCUT2D eigenvalue weighted by Crippen LogP contribution is 2.33. The van der Waals surface area contributed by atoms with E-state index in [2.05, 4.69) is 15.2 Å². The van der Waals surface area contributed by atoms with E-state index >= 15 is 0 Å². The van der Waals surface area contributed by atoms with Crippen LogP contribution in [0.15, 0.2) is 48.5 Å². The molecule has 0 atom stereocenters. The molecule has 0 fully saturated rings. The summed E-state index contributed by atoms with van der Waals surface area (Å²) in [6, 6.07) is 15.1. The zero-order chi connectivity index (χ0) is 15.5. The predicted octanol–water partition coefficient (Wildman–Crippen LogP) is 3.45. The molecule has 0 unspecified atom stereocenters. The normalized spacial score (nSPS) is 10.5. The summed E-state index contributed by atoms with van der Waals surface area (Å²) >= 11 is 6.07. The van der Waals surface area contributed by atoms with E-state index < -0.39 is 0 Å². The van der Waals surface area contributed by atoms with Crippen molar-refractivity contribution < 1.29 is 4.74 Å². The lowest BCUT2D eigenvalue weighted by atomic mass is 10.0. The molecule has 110 valence electrons. The number of nitrogens with two attached hydrogens (primary N) is 1. The van der Waals surface area contributed by atoms with E-state index in [9.17, 15) is 0 Å². The molecular weight excluding hydrogens is 300 g/mol. The number of hydrogen-bond donors (Lipinski definition) is 1. The molecule has 0 aliphatic rings. The van der Waals surface area contributed by atoms with Gasteiger partial charge in [0.15, 0.2) is 0 Å². The van der Waals surface area contributed by atoms with E-state index in [4.69, 9.17) is 22.1 Å². The van der Waals surface area contributed by atoms with Crippen LogP contribution in [0.2, 0.25) is 5.02 Å². The molecule has 0 aliphatic heterocycles. The third-order valence-corrected chi connectivity index (χ3v) is 3.49. The smallest absolute Gasteiger partial charge is 0.240 e. The van der Waals surface area contributed by atoms with Crippen molar-refractivity contribution in [1.29, 1.82) is 0 Å². The summed E-state index contributed by atoms with van der Waals surface area (Å²) in [7, 11) is 1.57. The van der Waals surface area contributed by atoms with Gasteiger partial charge in [0.25, 0.3) is 0 Å². The van der Waals surface area contributed by atoms with Crippen LogP contribution >= 0.6 is 11.6 Å². The van der Waals surface area contributed by atoms with Gasteiger partial charge in [-0.3, -0.25) is 0 Å². The Morgan fingerprint density at radius 2 is 1.73 bits per heavy atom. The second-order valence-corrected chi connectivity index (χ2v) is 4.99. The second-order valence-electron chi connectivity index (χ2n) is 4.58. The summed E-state index contributed by atoms with van der Waals surface area (Å²) < 4.78 is 5.25. The number of benzene rings is 2. The summed E-state index contributed by atoms with van der Waals surface area (Å²) in [6.45, 7) is 0. The fourth-order valence-electron chi connectivity index (χ4n) is 2.14. The molecule has 1 heterocycles. The molecule has 3 rings (SSSR count). The summed E-state index contributed by atoms with van der Waals surface area (Å²) in [5, 5.41) is 8.59. The van der Waals surface area contributed by atoms with E-state index in [1.54, 1.807) is 19.2 Å². The fraction of sp³-hybridized carbons (Fsp3) is 0.0625. The number of ether oxygens (including phenoxy) is 1. The van der Waals surface area contributed by atoms with Gasteiger partial charge in [0, 0.05) is 11.1 Å². The van der Waals surface area contributed by atoms with Crippen LogP contribution in [0.4, 0.5) is 5.95 Å². The van der Waals surface area contributed by atoms with Crippen LogP contribution in [-0.2, 0) is 0 Å². The molecule has 22 heavy (non-hydrogen) atoms. The van der Waals surface area contributed by atoms with Gasteiger partial charge in [-0.1, -0.05) is 48.0 Å². The number of aromatic nitrogens is 3. The SMILES string of the molecule is COc1cc(-c2nnc(N)nc2-c2ccccc2)ccc1Cl. The van der Waals surface area contributed by atoms with E-state index in [0.717, 1.165) is 11.1 Å². The van der Waals surface area contributed by atoms with Gasteiger partial charge in [0.05, 0.1) is 12.1 Å². The quantitative estimate of drug-likeness (QED) is 0.801. The summed E-state index contributed by atoms with van der Waals surface area (Å²) in [5.41, 5.74) is 8.69. The molecule has 0 saturated heterocycles. The fourth-order valence-corrected chi connectivity index (χ4v) is 2.33. The van der Waals surface area contributed by atoms with Crippen LogP contribution in [-0.4, -0.2) is 22.3 Å². The number of methoxy groups -OCH3 is 1. The molecule has 6 heteroatoms. The van der Waals surface area contributed by atoms with Gasteiger partial charge in [-0.25, -0.2) is 4.98 Å². The highest BCUT2D eigenvalue weighted by molar-refractivity contribution is 6.32. The highest BCUT2D eigenvalue weighted by Gasteiger charge is 2.14. The van der Waals surface area contributed by atoms with Crippen LogP contribution in [0.25, 0.3) is 22.5 Å². The molecule has 0 radical (unpaired) electrons. The van der Waals surface area contributed by atoms with Crippen molar-refractivity contribution in [3.8, 4) is 28.3 Å². The van der Waals surface area contributed by atoms with Crippen LogP contribution in [0.1, 0.15) is 0 Å². The van der Waals surface area contributed by atoms with Crippen molar-refractivity contribution in [3.63, 3.8) is 0 Å². The van der Waals surface area contributed by atoms with E-state index in [0.29, 0.717) is 22.2 Å². The molecule has 1 aromatic heterocycles. The Bertz CT molecular complexity index is 808. The maximum absolute atomic E-state index is 6.07. The third kappa shape index (κ3) is 2.71. The molecule has 0 spiro atoms. The average Bonchev–Trinajstić information content (AvgIpc) is 2.56. The first-order chi connectivity index (χ1) is 10.7. The number of rotatable bonds is 3. The topological polar surface area (TPSA) is 73.9 Å². The van der Waals surface area contributed by atoms with Crippen LogP contribution in [0.3, 0.4) is 0 Å². The van der Waals surface area contributed by atoms with Gasteiger partial charge in [-0.2, -0.15) is 0 Å². The number of hydrogen-bond acceptors (Lipinski definition) is 5. The Kier molecular flexibility index (Phi) is 3.89. The standard InChI is InChI=1S/C16H13ClN4O/c1-22-13-9-11(7-8-12(13)17)15-14(19-16(18)21-20-15)10-5-3-2-4-6-10/h2-9H,1H3,(H2,18,19,21). The van der Waals surface area contributed by atoms with Crippen molar-refractivity contribution in [2.75, 3.05) is 12.8 Å². The molecule has 2 aromatic carbocycles. The molecule has 2 N–H and O–H groups in total. The first-order valence-electron chi connectivity index (χ1n) is 6.58. The van der Waals surface area contributed by atoms with Gasteiger partial charge in [-0.15, -0.1) is 10.2 Å². The van der Waals surface area contributed by atoms with Crippen molar-refractivity contribution in [3.05, 3.63) is 53.6 Å². The molecule has 0 amide bonds. The number of halogens is 1. The molecule has 0 saturated carbocycles. The minimum Gasteiger partial charge on any atom is -0.495 e. The Labute approximate surface area is 132 Å². The van der Waals surface area contributed by atoms with E-state index in [1.807, 2.05) is 36.4 Å². The minimum atomic E-state index is 0.128. The van der Waals surface area contributed by atoms with Gasteiger partial charge < -0.3 is 10.5 Å². The van der Waals surface area contributed by atoms with Gasteiger partial charge in [0.1, 0.15) is 17.1 Å². The predicted molar refractivity (Wildman–Crippen MR) is 86.7 cm³/mol. The highest BCUT2D eigenvalue weighted by atomic mass is 35.5. The summed E-state index contributed by atoms with van der Waals surface area (Å²) in [4.78, 5) is 4.33. The maximum atomic E-state index is 6.07. The molecule has 3 aromatic rings. The number of nitrogens with zero attached hydrogens (tertiary/aromatic N) is 3. The Morgan fingerprint density at radius 3 is 2.45 bits per heavy atom. The van der Waals surface area contributed by atoms with Gasteiger partial charge in [0.2, 0.25) is 5.95 Å². The van der Waals surface area contributed by atoms with Gasteiger partial charge >= 0.3 is 0 Å². The Hall–Kier alpha value is -2.66. The number of nitrogen functional groups attached to an aromatic ring is 1. The number of anilines is 1. The van der Waals surface area contributed by atoms with Crippen LogP contribution in [0, 0.1) is 0 Å². The first kappa shape index (κ1) is 14.3. The third-order valence-electron chi connectivity index (χ3n) is 3.17. The zero-order valence-corrected chi connectivity index (χ0v) is 12.6. The molecule has 5 nitrogen and oxygen atoms in total. The Balaban J connectivity index is 2.19. The van der Waals surface area contributed by atoms with Crippen molar-refractivity contribution >= 4 is 17.5 Å². The first-order valence-corrected chi connectivity index (χ1v) is 6.96. The zero-order valence-electron chi connectivity index (χ0n) is 11.8. The molecule has 0 bridgehead atoms. The summed E-state index contributed by atoms with van der Waals surface area (Å²) in [5.74, 6) is 0.695. The monoisotopic (exact) mass is 312 g/mol. The molecule has 0 aliphatic carbocycles. The minimum absolute atomic E-state index is 0.128. The van der Waals surface area contributed by atoms with Crippen LogP contribution in [0.5, 0.6) is 5.75 Å². The lowest BCUT2D eigenvalue weighted by Gasteiger charge is -2.10. The molecular formula is C16H13ClN4O. The Morgan fingerprint density at radius 1 is 0.955 bits per heavy atom. The van der Waals surface area contributed by atoms with E-state index in [-0.39, 0.29) is 5.95 Å².